The molecule has 15 heavy (non-hydrogen) atoms. The average Bonchev–Trinajstić information content (AvgIpc) is 2.93. The number of alkyl carbamates (subject to hydrolysis) is 1. The van der Waals surface area contributed by atoms with Gasteiger partial charge in [0.25, 0.3) is 0 Å². The van der Waals surface area contributed by atoms with Crippen molar-refractivity contribution < 1.29 is 13.7 Å². The molecule has 1 amide bonds. The summed E-state index contributed by atoms with van der Waals surface area (Å²) in [4.78, 5) is 11.0. The Kier molecular flexibility index (Phi) is 5.01. The fourth-order valence-corrected chi connectivity index (χ4v) is 1.41. The molecule has 0 unspecified atom stereocenters. The molecular formula is C8H15N3O3Se. The van der Waals surface area contributed by atoms with Crippen molar-refractivity contribution in [3.8, 4) is 0 Å². The van der Waals surface area contributed by atoms with E-state index in [0.29, 0.717) is 18.5 Å². The molecular weight excluding hydrogens is 265 g/mol. The summed E-state index contributed by atoms with van der Waals surface area (Å²) in [6, 6.07) is 0. The van der Waals surface area contributed by atoms with Gasteiger partial charge in [-0.15, -0.1) is 0 Å². The van der Waals surface area contributed by atoms with Gasteiger partial charge in [-0.1, -0.05) is 0 Å². The van der Waals surface area contributed by atoms with Gasteiger partial charge in [0, 0.05) is 0 Å². The molecule has 86 valence electrons. The minimum atomic E-state index is -0.422. The first-order valence-electron chi connectivity index (χ1n) is 4.77. The third-order valence-electron chi connectivity index (χ3n) is 1.93. The Morgan fingerprint density at radius 3 is 2.93 bits per heavy atom. The van der Waals surface area contributed by atoms with E-state index in [1.807, 2.05) is 6.92 Å². The summed E-state index contributed by atoms with van der Waals surface area (Å²) in [6.07, 6.45) is 1.16. The van der Waals surface area contributed by atoms with Crippen molar-refractivity contribution >= 4 is 21.4 Å². The van der Waals surface area contributed by atoms with Crippen LogP contribution in [0.4, 0.5) is 4.79 Å². The van der Waals surface area contributed by atoms with Crippen LogP contribution in [0.5, 0.6) is 0 Å². The van der Waals surface area contributed by atoms with Crippen LogP contribution in [-0.2, 0) is 4.74 Å². The third kappa shape index (κ3) is 5.71. The molecule has 2 N–H and O–H groups in total. The fourth-order valence-electron chi connectivity index (χ4n) is 1.01. The van der Waals surface area contributed by atoms with Gasteiger partial charge in [0.2, 0.25) is 0 Å². The molecule has 0 radical (unpaired) electrons. The molecule has 0 fully saturated rings. The van der Waals surface area contributed by atoms with Crippen molar-refractivity contribution in [1.82, 2.24) is 5.32 Å². The van der Waals surface area contributed by atoms with E-state index < -0.39 is 21.4 Å². The number of nitrogens with zero attached hydrogens (tertiary/aromatic N) is 2. The summed E-state index contributed by atoms with van der Waals surface area (Å²) in [6.45, 7) is 2.80. The zero-order valence-corrected chi connectivity index (χ0v) is 10.3. The Balaban J connectivity index is 1.88. The maximum atomic E-state index is 11.0. The van der Waals surface area contributed by atoms with Gasteiger partial charge in [0.15, 0.2) is 0 Å². The molecule has 0 saturated carbocycles. The summed E-state index contributed by atoms with van der Waals surface area (Å²) in [5.41, 5.74) is -0.209. The number of hydrogen-bond donors (Lipinski definition) is 2. The molecule has 1 rings (SSSR count). The van der Waals surface area contributed by atoms with Crippen molar-refractivity contribution in [2.45, 2.75) is 30.7 Å². The zero-order chi connectivity index (χ0) is 11.1. The number of amides is 1. The predicted molar refractivity (Wildman–Crippen MR) is 54.6 cm³/mol. The first-order chi connectivity index (χ1) is 7.16. The Labute approximate surface area is 95.0 Å². The van der Waals surface area contributed by atoms with Crippen LogP contribution in [0.15, 0.2) is 10.2 Å². The van der Waals surface area contributed by atoms with Crippen LogP contribution >= 0.6 is 0 Å². The summed E-state index contributed by atoms with van der Waals surface area (Å²) in [7, 11) is 0. The van der Waals surface area contributed by atoms with Crippen LogP contribution in [0.1, 0.15) is 19.8 Å². The number of carbonyl (C=O) groups is 1. The average molecular weight is 280 g/mol. The van der Waals surface area contributed by atoms with Gasteiger partial charge in [-0.3, -0.25) is 0 Å². The Hall–Kier alpha value is -0.651. The van der Waals surface area contributed by atoms with E-state index in [1.54, 1.807) is 0 Å². The molecule has 0 aromatic rings. The normalized spacial score (nSPS) is 16.1. The third-order valence-corrected chi connectivity index (χ3v) is 2.74. The van der Waals surface area contributed by atoms with Crippen molar-refractivity contribution in [3.63, 3.8) is 0 Å². The second-order valence-corrected chi connectivity index (χ2v) is 4.81. The first-order valence-corrected chi connectivity index (χ1v) is 6.75. The standard InChI is InChI=1S/C8H15N3O3Se/c1-8(10-11-8)3-2-5-14-7(12)9-4-6-15-13/h13H,2-6H2,1H3,(H,9,12). The van der Waals surface area contributed by atoms with E-state index in [9.17, 15) is 4.79 Å². The number of nitrogens with one attached hydrogen (secondary N) is 1. The second-order valence-electron chi connectivity index (χ2n) is 3.42. The van der Waals surface area contributed by atoms with Crippen molar-refractivity contribution in [2.24, 2.45) is 10.2 Å². The summed E-state index contributed by atoms with van der Waals surface area (Å²) < 4.78 is 13.4. The molecule has 7 heteroatoms. The molecule has 0 saturated heterocycles. The molecule has 0 atom stereocenters. The van der Waals surface area contributed by atoms with Crippen molar-refractivity contribution in [3.05, 3.63) is 0 Å². The second kappa shape index (κ2) is 6.05. The number of ether oxygens (including phenoxy) is 1. The van der Waals surface area contributed by atoms with Crippen molar-refractivity contribution in [1.29, 1.82) is 0 Å². The Morgan fingerprint density at radius 1 is 1.60 bits per heavy atom. The Morgan fingerprint density at radius 2 is 2.33 bits per heavy atom. The minimum absolute atomic E-state index is 0.209. The van der Waals surface area contributed by atoms with Gasteiger partial charge in [-0.25, -0.2) is 0 Å². The van der Waals surface area contributed by atoms with Gasteiger partial charge in [-0.05, 0) is 0 Å². The van der Waals surface area contributed by atoms with Gasteiger partial charge in [0.05, 0.1) is 0 Å². The van der Waals surface area contributed by atoms with Gasteiger partial charge in [-0.2, -0.15) is 0 Å². The number of carbonyl (C=O) groups excluding carboxylic acids is 1. The number of rotatable bonds is 7. The predicted octanol–water partition coefficient (Wildman–Crippen LogP) is 0.705. The van der Waals surface area contributed by atoms with Crippen LogP contribution in [0, 0.1) is 0 Å². The van der Waals surface area contributed by atoms with Crippen LogP contribution in [-0.4, -0.2) is 44.4 Å². The summed E-state index contributed by atoms with van der Waals surface area (Å²) in [5, 5.41) is 10.9. The monoisotopic (exact) mass is 281 g/mol. The molecule has 1 aliphatic heterocycles. The van der Waals surface area contributed by atoms with Crippen LogP contribution < -0.4 is 5.32 Å². The number of hydrogen-bond acceptors (Lipinski definition) is 5. The van der Waals surface area contributed by atoms with E-state index in [2.05, 4.69) is 15.5 Å². The van der Waals surface area contributed by atoms with E-state index >= 15 is 0 Å². The van der Waals surface area contributed by atoms with Gasteiger partial charge < -0.3 is 0 Å². The maximum absolute atomic E-state index is 11.0. The molecule has 0 bridgehead atoms. The molecule has 1 aliphatic rings. The van der Waals surface area contributed by atoms with Crippen LogP contribution in [0.3, 0.4) is 0 Å². The molecule has 0 aliphatic carbocycles. The fraction of sp³-hybridized carbons (Fsp3) is 0.875. The zero-order valence-electron chi connectivity index (χ0n) is 8.60. The van der Waals surface area contributed by atoms with Crippen molar-refractivity contribution in [2.75, 3.05) is 13.2 Å². The van der Waals surface area contributed by atoms with Crippen LogP contribution in [0.2, 0.25) is 5.32 Å². The van der Waals surface area contributed by atoms with E-state index in [1.165, 1.54) is 0 Å². The molecule has 0 aromatic carbocycles. The molecule has 0 aromatic heterocycles. The topological polar surface area (TPSA) is 83.3 Å². The SMILES string of the molecule is CC1(CCCOC(=O)NCC[Se]O)N=N1. The van der Waals surface area contributed by atoms with E-state index in [-0.39, 0.29) is 5.66 Å². The van der Waals surface area contributed by atoms with Gasteiger partial charge >= 0.3 is 94.5 Å². The first kappa shape index (κ1) is 12.4. The van der Waals surface area contributed by atoms with E-state index in [4.69, 9.17) is 8.93 Å². The van der Waals surface area contributed by atoms with E-state index in [0.717, 1.165) is 12.8 Å². The molecule has 0 spiro atoms. The molecule has 1 heterocycles. The Bertz CT molecular complexity index is 241. The molecule has 6 nitrogen and oxygen atoms in total. The van der Waals surface area contributed by atoms with Crippen LogP contribution in [0.25, 0.3) is 0 Å². The quantitative estimate of drug-likeness (QED) is 0.532. The summed E-state index contributed by atoms with van der Waals surface area (Å²) in [5.74, 6) is 0. The van der Waals surface area contributed by atoms with Gasteiger partial charge in [0.1, 0.15) is 0 Å². The summed E-state index contributed by atoms with van der Waals surface area (Å²) >= 11 is -0.392.